The van der Waals surface area contributed by atoms with Gasteiger partial charge in [-0.25, -0.2) is 25.3 Å². The Morgan fingerprint density at radius 1 is 0.692 bits per heavy atom. The largest absolute Gasteiger partial charge is 1.00 e. The first kappa shape index (κ1) is 61.4. The van der Waals surface area contributed by atoms with Crippen LogP contribution < -0.4 is 151 Å². The van der Waals surface area contributed by atoms with Gasteiger partial charge in [-0.05, 0) is 60.7 Å². The minimum Gasteiger partial charge on any atom is -0.744 e. The Kier molecular flexibility index (Phi) is 26.6. The predicted octanol–water partition coefficient (Wildman–Crippen LogP) is -8.88. The number of anilines is 6. The number of nitrogens with two attached hydrogens (primary N) is 2. The van der Waals surface area contributed by atoms with Crippen molar-refractivity contribution in [3.8, 4) is 0 Å². The molecule has 0 amide bonds. The number of sulfone groups is 1. The smallest absolute Gasteiger partial charge is 0.744 e. The minimum absolute atomic E-state index is 0. The molecule has 0 aliphatic rings. The van der Waals surface area contributed by atoms with Gasteiger partial charge < -0.3 is 41.7 Å². The third-order valence-electron chi connectivity index (χ3n) is 7.23. The van der Waals surface area contributed by atoms with Crippen LogP contribution in [0.5, 0.6) is 0 Å². The third-order valence-corrected chi connectivity index (χ3v) is 11.7. The Bertz CT molecular complexity index is 2810. The van der Waals surface area contributed by atoms with E-state index in [0.717, 1.165) is 6.07 Å². The van der Waals surface area contributed by atoms with Crippen LogP contribution in [0.3, 0.4) is 0 Å². The maximum atomic E-state index is 14.5. The molecule has 36 heteroatoms. The Hall–Kier alpha value is -1.59. The van der Waals surface area contributed by atoms with E-state index in [1.165, 1.54) is 60.7 Å². The van der Waals surface area contributed by atoms with Gasteiger partial charge in [-0.2, -0.15) is 28.8 Å². The van der Waals surface area contributed by atoms with Crippen LogP contribution in [0.1, 0.15) is 0 Å². The quantitative estimate of drug-likeness (QED) is 0.00822. The van der Waals surface area contributed by atoms with Gasteiger partial charge in [0.1, 0.15) is 37.3 Å². The van der Waals surface area contributed by atoms with Crippen LogP contribution in [-0.2, 0) is 53.0 Å². The van der Waals surface area contributed by atoms with Gasteiger partial charge in [0, 0.05) is 5.69 Å². The fourth-order valence-electron chi connectivity index (χ4n) is 4.62. The molecule has 324 valence electrons. The first-order chi connectivity index (χ1) is 28.9. The van der Waals surface area contributed by atoms with Gasteiger partial charge in [0.15, 0.2) is 22.2 Å². The number of hydrogen-bond acceptors (Lipinski definition) is 28. The molecule has 0 radical (unpaired) electrons. The summed E-state index contributed by atoms with van der Waals surface area (Å²) < 4.78 is 124. The van der Waals surface area contributed by atoms with E-state index in [2.05, 4.69) is 64.8 Å². The van der Waals surface area contributed by atoms with Crippen LogP contribution in [0, 0.1) is 6.08 Å². The average molecular weight is 1040 g/mol. The summed E-state index contributed by atoms with van der Waals surface area (Å²) in [5.41, 5.74) is 9.58. The number of para-hydroxylation sites is 1. The molecule has 0 spiro atoms. The summed E-state index contributed by atoms with van der Waals surface area (Å²) in [6, 6.07) is 14.2. The zero-order valence-corrected chi connectivity index (χ0v) is 45.8. The fraction of sp³-hybridized carbons (Fsp3) is 0.0690. The van der Waals surface area contributed by atoms with E-state index in [1.807, 2.05) is 0 Å². The number of nitrogen functional groups attached to an aromatic ring is 2. The monoisotopic (exact) mass is 1030 g/mol. The molecule has 0 saturated carbocycles. The van der Waals surface area contributed by atoms with E-state index in [1.54, 1.807) is 0 Å². The summed E-state index contributed by atoms with van der Waals surface area (Å²) in [5.74, 6) is -1.49. The van der Waals surface area contributed by atoms with Crippen molar-refractivity contribution >= 4 is 112 Å². The van der Waals surface area contributed by atoms with Crippen molar-refractivity contribution in [1.82, 2.24) is 15.0 Å². The molecule has 0 aliphatic heterocycles. The van der Waals surface area contributed by atoms with Crippen molar-refractivity contribution in [3.63, 3.8) is 0 Å². The number of halogens is 1. The van der Waals surface area contributed by atoms with E-state index in [-0.39, 0.29) is 170 Å². The summed E-state index contributed by atoms with van der Waals surface area (Å²) in [4.78, 5) is 9.10. The minimum atomic E-state index is -5.32. The Labute approximate surface area is 464 Å². The third kappa shape index (κ3) is 18.0. The zero-order valence-electron chi connectivity index (χ0n) is 33.7. The van der Waals surface area contributed by atoms with Gasteiger partial charge in [0.2, 0.25) is 11.9 Å². The SMILES string of the molecule is Nc1c(N=Nc2ccc(S(=O)(=O)CCOSOO[O-])cc2)cc(S(=O)(=O)[O-])c(N)c1N=Nc1cc(Nc2nc(F)nc(Nc3ccccc3S(=O)(=O)[O-])n2)ccc1SOO[O-].[Na+].[Na+].[Na+].[Na+]. The molecule has 0 saturated heterocycles. The van der Waals surface area contributed by atoms with Crippen LogP contribution in [0.15, 0.2) is 113 Å². The molecule has 4 aromatic carbocycles. The molecular formula is C29H22FN11Na4O15S5. The van der Waals surface area contributed by atoms with Crippen LogP contribution in [0.25, 0.3) is 0 Å². The molecule has 0 unspecified atom stereocenters. The van der Waals surface area contributed by atoms with Gasteiger partial charge in [-0.3, -0.25) is 14.3 Å². The number of aromatic nitrogens is 3. The van der Waals surface area contributed by atoms with Gasteiger partial charge in [-0.15, -0.1) is 19.7 Å². The van der Waals surface area contributed by atoms with E-state index in [9.17, 15) is 49.3 Å². The normalized spacial score (nSPS) is 11.6. The maximum absolute atomic E-state index is 14.5. The average Bonchev–Trinajstić information content (AvgIpc) is 3.19. The summed E-state index contributed by atoms with van der Waals surface area (Å²) >= 11 is 0.465. The molecule has 0 fully saturated rings. The summed E-state index contributed by atoms with van der Waals surface area (Å²) in [7, 11) is -14.2. The fourth-order valence-corrected chi connectivity index (χ4v) is 7.69. The van der Waals surface area contributed by atoms with Gasteiger partial charge >= 0.3 is 124 Å². The molecule has 0 atom stereocenters. The molecule has 0 aliphatic carbocycles. The van der Waals surface area contributed by atoms with Crippen molar-refractivity contribution in [3.05, 3.63) is 78.9 Å². The summed E-state index contributed by atoms with van der Waals surface area (Å²) in [6.07, 6.45) is -1.34. The van der Waals surface area contributed by atoms with Crippen LogP contribution in [0.2, 0.25) is 0 Å². The van der Waals surface area contributed by atoms with Crippen molar-refractivity contribution in [2.75, 3.05) is 34.5 Å². The maximum Gasteiger partial charge on any atom is 1.00 e. The second kappa shape index (κ2) is 28.2. The van der Waals surface area contributed by atoms with Crippen LogP contribution in [0.4, 0.5) is 61.8 Å². The van der Waals surface area contributed by atoms with Gasteiger partial charge in [0.25, 0.3) is 0 Å². The Morgan fingerprint density at radius 2 is 1.31 bits per heavy atom. The number of benzene rings is 4. The molecule has 65 heavy (non-hydrogen) atoms. The number of nitrogens with one attached hydrogen (secondary N) is 2. The number of hydrogen-bond donors (Lipinski definition) is 4. The van der Waals surface area contributed by atoms with Crippen molar-refractivity contribution < 1.29 is 190 Å². The molecule has 1 heterocycles. The van der Waals surface area contributed by atoms with Crippen molar-refractivity contribution in [1.29, 1.82) is 0 Å². The number of nitrogens with zero attached hydrogens (tertiary/aromatic N) is 7. The van der Waals surface area contributed by atoms with Crippen LogP contribution >= 0.6 is 24.4 Å². The molecular weight excluding hydrogens is 1010 g/mol. The Balaban J connectivity index is 0.00000528. The molecule has 5 rings (SSSR count). The second-order valence-electron chi connectivity index (χ2n) is 11.1. The Morgan fingerprint density at radius 3 is 1.94 bits per heavy atom. The van der Waals surface area contributed by atoms with E-state index in [4.69, 9.17) is 15.7 Å². The number of rotatable bonds is 20. The molecule has 1 aromatic heterocycles. The topological polar surface area (TPSA) is 405 Å². The van der Waals surface area contributed by atoms with Gasteiger partial charge in [-0.1, -0.05) is 12.1 Å². The van der Waals surface area contributed by atoms with Crippen LogP contribution in [-0.4, -0.2) is 61.7 Å². The predicted molar refractivity (Wildman–Crippen MR) is 201 cm³/mol. The molecule has 5 aromatic rings. The molecule has 0 bridgehead atoms. The summed E-state index contributed by atoms with van der Waals surface area (Å²) in [5, 5.41) is 47.6. The van der Waals surface area contributed by atoms with E-state index < -0.39 is 86.3 Å². The molecule has 6 N–H and O–H groups in total. The van der Waals surface area contributed by atoms with Gasteiger partial charge in [0.05, 0.1) is 66.7 Å². The van der Waals surface area contributed by atoms with E-state index >= 15 is 0 Å². The second-order valence-corrected chi connectivity index (χ2v) is 17.2. The summed E-state index contributed by atoms with van der Waals surface area (Å²) in [6.45, 7) is -0.370. The standard InChI is InChI=1S/C29H26FN11O15S5.4Na/c30-27-35-28(37-29(36-27)34-18-3-1-2-4-22(18)60(46,47)48)33-16-7-10-21(57-55-53-42)19(13-16)39-41-26-24(31)20(14-23(25(26)32)61(49,50)51)40-38-15-5-8-17(9-6-15)59(44,45)12-11-52-58-56-54-43;;;;/h1-10,13-14,42-43H,11-12,31-32H2,(H,46,47,48)(H,49,50,51)(H2,33,34,35,36,37);;;;/q;4*+1/p-4. The van der Waals surface area contributed by atoms with Crippen molar-refractivity contribution in [2.45, 2.75) is 19.6 Å². The first-order valence-electron chi connectivity index (χ1n) is 15.8. The first-order valence-corrected chi connectivity index (χ1v) is 21.6. The number of azo groups is 2. The molecule has 26 nitrogen and oxygen atoms in total. The van der Waals surface area contributed by atoms with E-state index in [0.29, 0.717) is 18.1 Å². The van der Waals surface area contributed by atoms with Crippen molar-refractivity contribution in [2.24, 2.45) is 20.5 Å². The zero-order chi connectivity index (χ0) is 44.4.